The van der Waals surface area contributed by atoms with E-state index in [4.69, 9.17) is 9.72 Å². The summed E-state index contributed by atoms with van der Waals surface area (Å²) in [5.74, 6) is 2.35. The maximum absolute atomic E-state index is 6.99. The molecular weight excluding hydrogens is 941 g/mol. The molecule has 6 heteroatoms. The van der Waals surface area contributed by atoms with Crippen LogP contribution < -0.4 is 34.6 Å². The van der Waals surface area contributed by atoms with Gasteiger partial charge in [-0.2, -0.15) is 0 Å². The van der Waals surface area contributed by atoms with Crippen LogP contribution in [-0.2, 0) is 21.7 Å². The van der Waals surface area contributed by atoms with E-state index in [1.54, 1.807) is 0 Å². The van der Waals surface area contributed by atoms with Crippen molar-refractivity contribution in [2.24, 2.45) is 0 Å². The molecule has 8 aromatic carbocycles. The van der Waals surface area contributed by atoms with Crippen LogP contribution in [0.1, 0.15) is 105 Å². The van der Waals surface area contributed by atoms with Crippen LogP contribution in [0, 0.1) is 0 Å². The van der Waals surface area contributed by atoms with Crippen LogP contribution in [0.25, 0.3) is 27.6 Å². The number of para-hydroxylation sites is 1. The van der Waals surface area contributed by atoms with Crippen LogP contribution in [-0.4, -0.2) is 23.6 Å². The number of benzene rings is 8. The van der Waals surface area contributed by atoms with Gasteiger partial charge in [0.25, 0.3) is 5.69 Å². The fraction of sp³-hybridized carbons (Fsp3) is 0.229. The molecule has 0 bridgehead atoms. The van der Waals surface area contributed by atoms with E-state index < -0.39 is 8.07 Å². The first-order valence-electron chi connectivity index (χ1n) is 26.9. The van der Waals surface area contributed by atoms with Crippen LogP contribution in [0.15, 0.2) is 206 Å². The largest absolute Gasteiger partial charge is 0.503 e. The van der Waals surface area contributed by atoms with E-state index in [2.05, 4.69) is 297 Å². The van der Waals surface area contributed by atoms with Gasteiger partial charge >= 0.3 is 11.7 Å². The number of hydrogen-bond donors (Lipinski definition) is 0. The third-order valence-electron chi connectivity index (χ3n) is 15.3. The van der Waals surface area contributed by atoms with E-state index in [0.29, 0.717) is 0 Å². The minimum Gasteiger partial charge on any atom is -0.457 e. The maximum atomic E-state index is 6.99. The highest BCUT2D eigenvalue weighted by Crippen LogP contribution is 2.45. The second-order valence-corrected chi connectivity index (χ2v) is 28.6. The first-order valence-corrected chi connectivity index (χ1v) is 28.9. The minimum absolute atomic E-state index is 0.0404. The second kappa shape index (κ2) is 18.7. The Balaban J connectivity index is 1.08. The SMILES string of the molecule is CC(C)(C)c1cc([N+]2=C=[N+](c3cccc(Oc4ccc5c6cc([Si](c7ccccc7)(c7ccccc7)c7ccccc7)ccc6n(-c6cc(C(C)(C)C)ccn6)c5c4)c3)c3cccc(C(C)(C)C)c32)cc(C(C)(C)C)c1. The molecule has 0 radical (unpaired) electrons. The Morgan fingerprint density at radius 2 is 1.00 bits per heavy atom. The van der Waals surface area contributed by atoms with Crippen LogP contribution in [0.3, 0.4) is 0 Å². The topological polar surface area (TPSA) is 33.1 Å². The van der Waals surface area contributed by atoms with E-state index >= 15 is 0 Å². The zero-order chi connectivity index (χ0) is 53.4. The molecule has 0 N–H and O–H groups in total. The summed E-state index contributed by atoms with van der Waals surface area (Å²) >= 11 is 0. The van der Waals surface area contributed by atoms with Gasteiger partial charge in [0.05, 0.1) is 17.1 Å². The number of aromatic nitrogens is 2. The van der Waals surface area contributed by atoms with Gasteiger partial charge in [0.1, 0.15) is 17.3 Å². The predicted octanol–water partition coefficient (Wildman–Crippen LogP) is 15.4. The molecule has 0 fully saturated rings. The number of rotatable bonds is 9. The summed E-state index contributed by atoms with van der Waals surface area (Å²) in [5.41, 5.74) is 11.2. The Hall–Kier alpha value is -7.89. The summed E-state index contributed by atoms with van der Waals surface area (Å²) < 4.78 is 13.8. The summed E-state index contributed by atoms with van der Waals surface area (Å²) in [6.07, 6.45) is 1.95. The highest BCUT2D eigenvalue weighted by atomic mass is 28.3. The van der Waals surface area contributed by atoms with Gasteiger partial charge in [-0.1, -0.05) is 210 Å². The molecule has 0 saturated carbocycles. The summed E-state index contributed by atoms with van der Waals surface area (Å²) in [4.78, 5) is 5.09. The fourth-order valence-electron chi connectivity index (χ4n) is 11.2. The Morgan fingerprint density at radius 3 is 1.58 bits per heavy atom. The van der Waals surface area contributed by atoms with Crippen molar-refractivity contribution >= 4 is 79.4 Å². The van der Waals surface area contributed by atoms with Crippen molar-refractivity contribution in [3.8, 4) is 17.3 Å². The van der Waals surface area contributed by atoms with Crippen molar-refractivity contribution in [1.82, 2.24) is 18.7 Å². The van der Waals surface area contributed by atoms with E-state index in [1.807, 2.05) is 12.3 Å². The highest BCUT2D eigenvalue weighted by Gasteiger charge is 2.44. The van der Waals surface area contributed by atoms with Gasteiger partial charge in [0, 0.05) is 52.9 Å². The van der Waals surface area contributed by atoms with Crippen molar-refractivity contribution in [3.63, 3.8) is 0 Å². The molecule has 0 unspecified atom stereocenters. The molecule has 378 valence electrons. The van der Waals surface area contributed by atoms with Crippen LogP contribution in [0.5, 0.6) is 11.5 Å². The number of hydrogen-bond acceptors (Lipinski definition) is 2. The van der Waals surface area contributed by atoms with Crippen LogP contribution in [0.2, 0.25) is 0 Å². The molecular formula is C70H70N4OSi+2. The summed E-state index contributed by atoms with van der Waals surface area (Å²) in [6.45, 7) is 27.5. The first-order chi connectivity index (χ1) is 36.2. The normalized spacial score (nSPS) is 13.2. The van der Waals surface area contributed by atoms with Crippen molar-refractivity contribution < 1.29 is 4.74 Å². The highest BCUT2D eigenvalue weighted by molar-refractivity contribution is 7.20. The Bertz CT molecular complexity index is 3780. The van der Waals surface area contributed by atoms with Gasteiger partial charge in [-0.05, 0) is 105 Å². The summed E-state index contributed by atoms with van der Waals surface area (Å²) in [7, 11) is -2.83. The summed E-state index contributed by atoms with van der Waals surface area (Å²) in [5, 5.41) is 7.64. The lowest BCUT2D eigenvalue weighted by molar-refractivity contribution is 0.483. The van der Waals surface area contributed by atoms with Gasteiger partial charge in [0.15, 0.2) is 8.07 Å². The van der Waals surface area contributed by atoms with E-state index in [-0.39, 0.29) is 21.7 Å². The van der Waals surface area contributed by atoms with Crippen molar-refractivity contribution in [2.45, 2.75) is 105 Å². The van der Waals surface area contributed by atoms with Crippen LogP contribution >= 0.6 is 0 Å². The van der Waals surface area contributed by atoms with E-state index in [1.165, 1.54) is 48.4 Å². The van der Waals surface area contributed by atoms with Crippen LogP contribution in [0.4, 0.5) is 22.7 Å². The predicted molar refractivity (Wildman–Crippen MR) is 324 cm³/mol. The fourth-order valence-corrected chi connectivity index (χ4v) is 16.0. The lowest BCUT2D eigenvalue weighted by Crippen LogP contribution is -2.74. The number of pyridine rings is 1. The van der Waals surface area contributed by atoms with Gasteiger partial charge in [-0.25, -0.2) is 4.98 Å². The standard InChI is InChI=1S/C70H70N4OSi/c1-67(2,3)48-38-39-71-65(43-48)74-62-37-35-58(76(55-26-16-13-17-27-55,56-28-18-14-19-29-56)57-30-20-15-21-31-57)46-60(62)59-36-34-54(45-64(59)74)75-53-25-22-24-51(44-53)72-47-73(66-61(70(10,11)12)32-23-33-63(66)72)52-41-49(68(4,5)6)40-50(42-52)69(7,8)9/h13-46H,1-12H3/q+2. The lowest BCUT2D eigenvalue weighted by Gasteiger charge is -2.34. The quantitative estimate of drug-likeness (QED) is 0.0820. The van der Waals surface area contributed by atoms with Crippen molar-refractivity contribution in [1.29, 1.82) is 0 Å². The molecule has 76 heavy (non-hydrogen) atoms. The zero-order valence-electron chi connectivity index (χ0n) is 46.3. The third-order valence-corrected chi connectivity index (χ3v) is 20.1. The second-order valence-electron chi connectivity index (χ2n) is 24.8. The van der Waals surface area contributed by atoms with Gasteiger partial charge < -0.3 is 4.74 Å². The van der Waals surface area contributed by atoms with E-state index in [9.17, 15) is 0 Å². The molecule has 5 nitrogen and oxygen atoms in total. The molecule has 0 saturated heterocycles. The average Bonchev–Trinajstić information content (AvgIpc) is 3.99. The van der Waals surface area contributed by atoms with Gasteiger partial charge in [0.2, 0.25) is 11.4 Å². The lowest BCUT2D eigenvalue weighted by atomic mass is 9.80. The monoisotopic (exact) mass is 1010 g/mol. The molecule has 0 atom stereocenters. The van der Waals surface area contributed by atoms with Gasteiger partial charge in [-0.3, -0.25) is 4.57 Å². The number of ether oxygens (including phenoxy) is 1. The Labute approximate surface area is 451 Å². The van der Waals surface area contributed by atoms with Gasteiger partial charge in [-0.15, -0.1) is 0 Å². The first kappa shape index (κ1) is 50.3. The Morgan fingerprint density at radius 1 is 0.421 bits per heavy atom. The van der Waals surface area contributed by atoms with Crippen molar-refractivity contribution in [3.05, 3.63) is 229 Å². The molecule has 1 aliphatic rings. The number of fused-ring (bicyclic) bond motifs is 4. The smallest absolute Gasteiger partial charge is 0.457 e. The van der Waals surface area contributed by atoms with Crippen molar-refractivity contribution in [2.75, 3.05) is 0 Å². The summed E-state index contributed by atoms with van der Waals surface area (Å²) in [6, 6.07) is 77.6. The molecule has 0 spiro atoms. The molecule has 3 heterocycles. The molecule has 10 aromatic rings. The molecule has 0 aliphatic carbocycles. The molecule has 1 aliphatic heterocycles. The van der Waals surface area contributed by atoms with E-state index in [0.717, 1.165) is 56.5 Å². The molecule has 2 aromatic heterocycles. The third kappa shape index (κ3) is 9.04. The Kier molecular flexibility index (Phi) is 12.4. The zero-order valence-corrected chi connectivity index (χ0v) is 47.3. The average molecular weight is 1010 g/mol. The number of nitrogens with zero attached hydrogens (tertiary/aromatic N) is 4. The minimum atomic E-state index is -2.83. The maximum Gasteiger partial charge on any atom is 0.503 e. The molecule has 0 amide bonds. The molecule has 11 rings (SSSR count).